The average Bonchev–Trinajstić information content (AvgIpc) is 3.10. The number of hydrogen-bond acceptors (Lipinski definition) is 3. The molecule has 7 atom stereocenters. The number of aldehydes is 1. The average molecular weight is 373 g/mol. The highest BCUT2D eigenvalue weighted by Crippen LogP contribution is 2.64. The lowest BCUT2D eigenvalue weighted by molar-refractivity contribution is -0.201. The van der Waals surface area contributed by atoms with Crippen molar-refractivity contribution in [2.24, 2.45) is 28.6 Å². The van der Waals surface area contributed by atoms with Gasteiger partial charge in [0.2, 0.25) is 0 Å². The lowest BCUT2D eigenvalue weighted by Crippen LogP contribution is -2.52. The Morgan fingerprint density at radius 1 is 1.11 bits per heavy atom. The molecule has 0 amide bonds. The maximum absolute atomic E-state index is 12.7. The Kier molecular flexibility index (Phi) is 4.75. The predicted molar refractivity (Wildman–Crippen MR) is 105 cm³/mol. The third kappa shape index (κ3) is 2.95. The molecule has 1 saturated heterocycles. The van der Waals surface area contributed by atoms with Crippen molar-refractivity contribution in [1.82, 2.24) is 0 Å². The van der Waals surface area contributed by atoms with Gasteiger partial charge in [0, 0.05) is 6.61 Å². The highest BCUT2D eigenvalue weighted by Gasteiger charge is 2.58. The molecule has 5 aliphatic rings. The minimum absolute atomic E-state index is 0.0400. The van der Waals surface area contributed by atoms with Crippen molar-refractivity contribution < 1.29 is 14.3 Å². The smallest absolute Gasteiger partial charge is 0.157 e. The molecule has 3 saturated carbocycles. The van der Waals surface area contributed by atoms with Crippen LogP contribution in [-0.4, -0.2) is 25.3 Å². The van der Waals surface area contributed by atoms with Crippen molar-refractivity contribution in [1.29, 1.82) is 0 Å². The fourth-order valence-corrected chi connectivity index (χ4v) is 7.73. The maximum Gasteiger partial charge on any atom is 0.157 e. The van der Waals surface area contributed by atoms with Gasteiger partial charge in [-0.2, -0.15) is 0 Å². The molecule has 0 aromatic heterocycles. The van der Waals surface area contributed by atoms with E-state index in [1.807, 2.05) is 0 Å². The van der Waals surface area contributed by atoms with Crippen molar-refractivity contribution in [2.75, 3.05) is 6.61 Å². The summed E-state index contributed by atoms with van der Waals surface area (Å²) >= 11 is 0. The van der Waals surface area contributed by atoms with Crippen LogP contribution >= 0.6 is 0 Å². The monoisotopic (exact) mass is 372 g/mol. The molecular formula is C24H36O3. The molecule has 0 radical (unpaired) electrons. The van der Waals surface area contributed by atoms with Crippen LogP contribution in [-0.2, 0) is 14.3 Å². The molecule has 1 aliphatic heterocycles. The zero-order chi connectivity index (χ0) is 18.5. The van der Waals surface area contributed by atoms with E-state index in [1.54, 1.807) is 0 Å². The molecule has 1 heterocycles. The third-order valence-electron chi connectivity index (χ3n) is 9.11. The van der Waals surface area contributed by atoms with Gasteiger partial charge in [0.05, 0.1) is 11.5 Å². The Morgan fingerprint density at radius 3 is 2.85 bits per heavy atom. The molecule has 0 bridgehead atoms. The molecule has 4 aliphatic carbocycles. The summed E-state index contributed by atoms with van der Waals surface area (Å²) in [4.78, 5) is 12.7. The van der Waals surface area contributed by atoms with E-state index in [0.29, 0.717) is 17.3 Å². The Hall–Kier alpha value is -0.670. The van der Waals surface area contributed by atoms with E-state index in [1.165, 1.54) is 56.8 Å². The zero-order valence-electron chi connectivity index (χ0n) is 17.0. The molecule has 0 spiro atoms. The van der Waals surface area contributed by atoms with Gasteiger partial charge in [0.25, 0.3) is 0 Å². The van der Waals surface area contributed by atoms with Crippen molar-refractivity contribution in [2.45, 2.75) is 96.4 Å². The number of rotatable bonds is 3. The Morgan fingerprint density at radius 2 is 2.04 bits per heavy atom. The van der Waals surface area contributed by atoms with Gasteiger partial charge in [-0.25, -0.2) is 0 Å². The van der Waals surface area contributed by atoms with E-state index < -0.39 is 0 Å². The number of hydrogen-bond donors (Lipinski definition) is 0. The molecule has 27 heavy (non-hydrogen) atoms. The summed E-state index contributed by atoms with van der Waals surface area (Å²) in [6.07, 6.45) is 18.3. The lowest BCUT2D eigenvalue weighted by atomic mass is 9.48. The Labute approximate surface area is 164 Å². The lowest BCUT2D eigenvalue weighted by Gasteiger charge is -2.56. The fourth-order valence-electron chi connectivity index (χ4n) is 7.73. The van der Waals surface area contributed by atoms with Gasteiger partial charge >= 0.3 is 0 Å². The van der Waals surface area contributed by atoms with Crippen LogP contribution in [0.15, 0.2) is 11.6 Å². The molecule has 0 aromatic rings. The summed E-state index contributed by atoms with van der Waals surface area (Å²) in [5.41, 5.74) is 1.74. The third-order valence-corrected chi connectivity index (χ3v) is 9.11. The summed E-state index contributed by atoms with van der Waals surface area (Å²) in [5, 5.41) is 0. The number of allylic oxidation sites excluding steroid dienone is 2. The predicted octanol–water partition coefficient (Wildman–Crippen LogP) is 5.43. The van der Waals surface area contributed by atoms with Gasteiger partial charge in [-0.1, -0.05) is 25.0 Å². The minimum Gasteiger partial charge on any atom is -0.353 e. The fraction of sp³-hybridized carbons (Fsp3) is 0.875. The van der Waals surface area contributed by atoms with Crippen LogP contribution < -0.4 is 0 Å². The first-order valence-electron chi connectivity index (χ1n) is 11.6. The highest BCUT2D eigenvalue weighted by molar-refractivity contribution is 5.67. The summed E-state index contributed by atoms with van der Waals surface area (Å²) in [7, 11) is 0. The molecule has 5 rings (SSSR count). The molecule has 5 unspecified atom stereocenters. The second kappa shape index (κ2) is 6.99. The standard InChI is InChI=1S/C24H36O3/c1-23-12-4-5-20(23)19-10-8-17-7-9-18(27-22-6-2-3-14-26-22)15-24(17,16-25)21(19)11-13-23/h8,16,18-22H,2-7,9-15H2,1H3/t18?,19?,20?,21?,22?,23-,24+/m0/s1. The first-order valence-corrected chi connectivity index (χ1v) is 11.6. The molecule has 150 valence electrons. The maximum atomic E-state index is 12.7. The number of fused-ring (bicyclic) bond motifs is 5. The second-order valence-corrected chi connectivity index (χ2v) is 10.4. The van der Waals surface area contributed by atoms with Crippen LogP contribution in [0, 0.1) is 28.6 Å². The summed E-state index contributed by atoms with van der Waals surface area (Å²) in [6.45, 7) is 3.35. The normalized spacial score (nSPS) is 49.5. The van der Waals surface area contributed by atoms with E-state index in [4.69, 9.17) is 9.47 Å². The molecular weight excluding hydrogens is 336 g/mol. The van der Waals surface area contributed by atoms with Crippen LogP contribution in [0.25, 0.3) is 0 Å². The van der Waals surface area contributed by atoms with Crippen LogP contribution in [0.5, 0.6) is 0 Å². The van der Waals surface area contributed by atoms with Crippen LogP contribution in [0.3, 0.4) is 0 Å². The SMILES string of the molecule is C[C@@]12CCCC1C1CC=C3CCC(OC4CCCCO4)C[C@]3(C=O)C1CC2. The number of carbonyl (C=O) groups excluding carboxylic acids is 1. The van der Waals surface area contributed by atoms with E-state index >= 15 is 0 Å². The minimum atomic E-state index is -0.246. The number of ether oxygens (including phenoxy) is 2. The van der Waals surface area contributed by atoms with Crippen LogP contribution in [0.4, 0.5) is 0 Å². The van der Waals surface area contributed by atoms with E-state index in [0.717, 1.165) is 44.6 Å². The second-order valence-electron chi connectivity index (χ2n) is 10.4. The first-order chi connectivity index (χ1) is 13.1. The molecule has 0 aromatic carbocycles. The van der Waals surface area contributed by atoms with Crippen molar-refractivity contribution in [3.8, 4) is 0 Å². The highest BCUT2D eigenvalue weighted by atomic mass is 16.7. The topological polar surface area (TPSA) is 35.5 Å². The summed E-state index contributed by atoms with van der Waals surface area (Å²) in [6, 6.07) is 0. The molecule has 3 nitrogen and oxygen atoms in total. The largest absolute Gasteiger partial charge is 0.353 e. The van der Waals surface area contributed by atoms with Crippen molar-refractivity contribution in [3.05, 3.63) is 11.6 Å². The van der Waals surface area contributed by atoms with E-state index in [2.05, 4.69) is 13.0 Å². The Balaban J connectivity index is 1.38. The van der Waals surface area contributed by atoms with Crippen LogP contribution in [0.2, 0.25) is 0 Å². The van der Waals surface area contributed by atoms with Crippen molar-refractivity contribution >= 4 is 6.29 Å². The molecule has 3 heteroatoms. The molecule has 4 fully saturated rings. The van der Waals surface area contributed by atoms with Gasteiger partial charge in [0.15, 0.2) is 6.29 Å². The zero-order valence-corrected chi connectivity index (χ0v) is 17.0. The van der Waals surface area contributed by atoms with E-state index in [-0.39, 0.29) is 17.8 Å². The van der Waals surface area contributed by atoms with E-state index in [9.17, 15) is 4.79 Å². The van der Waals surface area contributed by atoms with Gasteiger partial charge < -0.3 is 14.3 Å². The molecule has 0 N–H and O–H groups in total. The summed E-state index contributed by atoms with van der Waals surface area (Å²) < 4.78 is 12.2. The van der Waals surface area contributed by atoms with Crippen molar-refractivity contribution in [3.63, 3.8) is 0 Å². The van der Waals surface area contributed by atoms with Gasteiger partial charge in [-0.05, 0) is 93.8 Å². The van der Waals surface area contributed by atoms with Gasteiger partial charge in [-0.3, -0.25) is 0 Å². The quantitative estimate of drug-likeness (QED) is 0.489. The van der Waals surface area contributed by atoms with Gasteiger partial charge in [-0.15, -0.1) is 0 Å². The van der Waals surface area contributed by atoms with Crippen LogP contribution in [0.1, 0.15) is 84.0 Å². The first kappa shape index (κ1) is 18.4. The van der Waals surface area contributed by atoms with Gasteiger partial charge in [0.1, 0.15) is 6.29 Å². The Bertz CT molecular complexity index is 607. The summed E-state index contributed by atoms with van der Waals surface area (Å²) in [5.74, 6) is 2.09. The number of carbonyl (C=O) groups is 1.